The number of benzene rings is 2. The van der Waals surface area contributed by atoms with E-state index < -0.39 is 0 Å². The number of likely N-dealkylation sites (N-methyl/N-ethyl adjacent to an activating group) is 1. The van der Waals surface area contributed by atoms with Crippen molar-refractivity contribution in [2.45, 2.75) is 6.54 Å². The van der Waals surface area contributed by atoms with Gasteiger partial charge in [-0.25, -0.2) is 4.98 Å². The number of nitrogens with zero attached hydrogens (tertiary/aromatic N) is 2. The maximum absolute atomic E-state index is 12.1. The quantitative estimate of drug-likeness (QED) is 0.725. The Morgan fingerprint density at radius 1 is 1.14 bits per heavy atom. The van der Waals surface area contributed by atoms with Gasteiger partial charge in [-0.2, -0.15) is 0 Å². The highest BCUT2D eigenvalue weighted by Gasteiger charge is 2.12. The van der Waals surface area contributed by atoms with Gasteiger partial charge in [-0.15, -0.1) is 11.3 Å². The molecule has 0 bridgehead atoms. The highest BCUT2D eigenvalue weighted by Crippen LogP contribution is 2.22. The summed E-state index contributed by atoms with van der Waals surface area (Å²) in [5.74, 6) is 0.632. The third-order valence-corrected chi connectivity index (χ3v) is 4.26. The van der Waals surface area contributed by atoms with Crippen LogP contribution < -0.4 is 4.74 Å². The van der Waals surface area contributed by atoms with Crippen LogP contribution in [0.3, 0.4) is 0 Å². The molecule has 5 heteroatoms. The van der Waals surface area contributed by atoms with Crippen LogP contribution in [0.1, 0.15) is 5.01 Å². The van der Waals surface area contributed by atoms with Gasteiger partial charge in [0.1, 0.15) is 10.8 Å². The second kappa shape index (κ2) is 6.58. The molecule has 0 saturated carbocycles. The predicted molar refractivity (Wildman–Crippen MR) is 88.0 cm³/mol. The average Bonchev–Trinajstić information content (AvgIpc) is 2.95. The fourth-order valence-electron chi connectivity index (χ4n) is 2.05. The Kier molecular flexibility index (Phi) is 4.34. The number of carbonyl (C=O) groups excluding carboxylic acids is 1. The Morgan fingerprint density at radius 2 is 1.86 bits per heavy atom. The first-order valence-corrected chi connectivity index (χ1v) is 7.80. The van der Waals surface area contributed by atoms with Crippen LogP contribution in [-0.2, 0) is 11.3 Å². The number of hydrogen-bond acceptors (Lipinski definition) is 4. The first-order chi connectivity index (χ1) is 10.7. The lowest BCUT2D eigenvalue weighted by atomic mass is 10.3. The fourth-order valence-corrected chi connectivity index (χ4v) is 3.07. The lowest BCUT2D eigenvalue weighted by molar-refractivity contribution is -0.132. The number of rotatable bonds is 5. The van der Waals surface area contributed by atoms with Crippen LogP contribution in [0.2, 0.25) is 0 Å². The Morgan fingerprint density at radius 3 is 2.64 bits per heavy atom. The summed E-state index contributed by atoms with van der Waals surface area (Å²) in [6.07, 6.45) is 0. The van der Waals surface area contributed by atoms with Crippen LogP contribution in [0.25, 0.3) is 10.2 Å². The summed E-state index contributed by atoms with van der Waals surface area (Å²) < 4.78 is 6.62. The van der Waals surface area contributed by atoms with Crippen molar-refractivity contribution in [3.63, 3.8) is 0 Å². The molecule has 1 amide bonds. The van der Waals surface area contributed by atoms with E-state index in [1.165, 1.54) is 0 Å². The molecular weight excluding hydrogens is 296 g/mol. The van der Waals surface area contributed by atoms with E-state index in [4.69, 9.17) is 4.74 Å². The van der Waals surface area contributed by atoms with Crippen molar-refractivity contribution < 1.29 is 9.53 Å². The van der Waals surface area contributed by atoms with Gasteiger partial charge in [0, 0.05) is 7.05 Å². The van der Waals surface area contributed by atoms with E-state index in [1.54, 1.807) is 23.3 Å². The molecule has 0 spiro atoms. The van der Waals surface area contributed by atoms with Crippen LogP contribution in [0.15, 0.2) is 54.6 Å². The lowest BCUT2D eigenvalue weighted by Gasteiger charge is -2.15. The molecule has 3 rings (SSSR count). The number of amides is 1. The van der Waals surface area contributed by atoms with Gasteiger partial charge in [-0.1, -0.05) is 30.3 Å². The van der Waals surface area contributed by atoms with E-state index >= 15 is 0 Å². The van der Waals surface area contributed by atoms with Crippen LogP contribution in [0.4, 0.5) is 0 Å². The zero-order valence-corrected chi connectivity index (χ0v) is 13.0. The van der Waals surface area contributed by atoms with Gasteiger partial charge in [-0.3, -0.25) is 4.79 Å². The van der Waals surface area contributed by atoms with E-state index in [0.717, 1.165) is 15.2 Å². The van der Waals surface area contributed by atoms with Gasteiger partial charge in [0.05, 0.1) is 16.8 Å². The molecule has 0 aliphatic carbocycles. The topological polar surface area (TPSA) is 42.4 Å². The third-order valence-electron chi connectivity index (χ3n) is 3.24. The minimum atomic E-state index is -0.0666. The molecule has 3 aromatic rings. The normalized spacial score (nSPS) is 10.6. The fraction of sp³-hybridized carbons (Fsp3) is 0.176. The summed E-state index contributed by atoms with van der Waals surface area (Å²) in [5, 5.41) is 0.928. The summed E-state index contributed by atoms with van der Waals surface area (Å²) in [5.41, 5.74) is 0.976. The van der Waals surface area contributed by atoms with Crippen LogP contribution in [0.5, 0.6) is 5.75 Å². The molecule has 112 valence electrons. The van der Waals surface area contributed by atoms with E-state index in [-0.39, 0.29) is 12.5 Å². The lowest BCUT2D eigenvalue weighted by Crippen LogP contribution is -2.30. The van der Waals surface area contributed by atoms with Crippen molar-refractivity contribution in [3.8, 4) is 5.75 Å². The minimum Gasteiger partial charge on any atom is -0.484 e. The van der Waals surface area contributed by atoms with Crippen LogP contribution in [0, 0.1) is 0 Å². The SMILES string of the molecule is CN(Cc1nc2ccccc2s1)C(=O)COc1ccccc1. The molecule has 0 aliphatic rings. The van der Waals surface area contributed by atoms with Crippen molar-refractivity contribution >= 4 is 27.5 Å². The number of carbonyl (C=O) groups is 1. The van der Waals surface area contributed by atoms with Crippen molar-refractivity contribution in [3.05, 3.63) is 59.6 Å². The number of thiazole rings is 1. The van der Waals surface area contributed by atoms with Crippen LogP contribution >= 0.6 is 11.3 Å². The second-order valence-corrected chi connectivity index (χ2v) is 6.04. The Bertz CT molecular complexity index is 737. The molecule has 2 aromatic carbocycles. The van der Waals surface area contributed by atoms with Crippen molar-refractivity contribution in [2.24, 2.45) is 0 Å². The monoisotopic (exact) mass is 312 g/mol. The van der Waals surface area contributed by atoms with Gasteiger partial charge < -0.3 is 9.64 Å². The molecule has 0 N–H and O–H groups in total. The van der Waals surface area contributed by atoms with Gasteiger partial charge in [0.15, 0.2) is 6.61 Å². The van der Waals surface area contributed by atoms with Crippen molar-refractivity contribution in [1.82, 2.24) is 9.88 Å². The number of para-hydroxylation sites is 2. The first-order valence-electron chi connectivity index (χ1n) is 6.98. The summed E-state index contributed by atoms with van der Waals surface area (Å²) in [4.78, 5) is 18.3. The van der Waals surface area contributed by atoms with Crippen molar-refractivity contribution in [2.75, 3.05) is 13.7 Å². The molecule has 0 unspecified atom stereocenters. The number of aromatic nitrogens is 1. The summed E-state index contributed by atoms with van der Waals surface area (Å²) in [6.45, 7) is 0.530. The van der Waals surface area contributed by atoms with Gasteiger partial charge in [0.2, 0.25) is 0 Å². The van der Waals surface area contributed by atoms with Gasteiger partial charge >= 0.3 is 0 Å². The highest BCUT2D eigenvalue weighted by molar-refractivity contribution is 7.18. The molecule has 0 aliphatic heterocycles. The summed E-state index contributed by atoms with van der Waals surface area (Å²) in [7, 11) is 1.77. The minimum absolute atomic E-state index is 0.0331. The molecule has 0 radical (unpaired) electrons. The van der Waals surface area contributed by atoms with Crippen LogP contribution in [-0.4, -0.2) is 29.4 Å². The summed E-state index contributed by atoms with van der Waals surface area (Å²) in [6, 6.07) is 17.3. The molecule has 0 atom stereocenters. The number of ether oxygens (including phenoxy) is 1. The first kappa shape index (κ1) is 14.5. The Hall–Kier alpha value is -2.40. The highest BCUT2D eigenvalue weighted by atomic mass is 32.1. The van der Waals surface area contributed by atoms with E-state index in [1.807, 2.05) is 54.6 Å². The zero-order valence-electron chi connectivity index (χ0n) is 12.2. The smallest absolute Gasteiger partial charge is 0.260 e. The average molecular weight is 312 g/mol. The standard InChI is InChI=1S/C17H16N2O2S/c1-19(17(20)12-21-13-7-3-2-4-8-13)11-16-18-14-9-5-6-10-15(14)22-16/h2-10H,11-12H2,1H3. The Balaban J connectivity index is 1.58. The molecule has 22 heavy (non-hydrogen) atoms. The third kappa shape index (κ3) is 3.43. The summed E-state index contributed by atoms with van der Waals surface area (Å²) >= 11 is 1.61. The largest absolute Gasteiger partial charge is 0.484 e. The van der Waals surface area contributed by atoms with Gasteiger partial charge in [-0.05, 0) is 24.3 Å². The Labute approximate surface area is 133 Å². The van der Waals surface area contributed by atoms with E-state index in [0.29, 0.717) is 12.3 Å². The maximum atomic E-state index is 12.1. The molecule has 0 saturated heterocycles. The molecule has 1 heterocycles. The molecule has 4 nitrogen and oxygen atoms in total. The molecule has 0 fully saturated rings. The second-order valence-electron chi connectivity index (χ2n) is 4.93. The maximum Gasteiger partial charge on any atom is 0.260 e. The predicted octanol–water partition coefficient (Wildman–Crippen LogP) is 3.33. The number of hydrogen-bond donors (Lipinski definition) is 0. The van der Waals surface area contributed by atoms with Gasteiger partial charge in [0.25, 0.3) is 5.91 Å². The zero-order chi connectivity index (χ0) is 15.4. The molecule has 1 aromatic heterocycles. The van der Waals surface area contributed by atoms with E-state index in [9.17, 15) is 4.79 Å². The molecular formula is C17H16N2O2S. The number of fused-ring (bicyclic) bond motifs is 1. The van der Waals surface area contributed by atoms with Crippen molar-refractivity contribution in [1.29, 1.82) is 0 Å². The van der Waals surface area contributed by atoms with E-state index in [2.05, 4.69) is 4.98 Å².